The van der Waals surface area contributed by atoms with Crippen molar-refractivity contribution in [3.63, 3.8) is 0 Å². The third-order valence-electron chi connectivity index (χ3n) is 4.44. The third-order valence-corrected chi connectivity index (χ3v) is 4.44. The van der Waals surface area contributed by atoms with Crippen molar-refractivity contribution in [2.45, 2.75) is 13.3 Å². The van der Waals surface area contributed by atoms with E-state index < -0.39 is 0 Å². The van der Waals surface area contributed by atoms with E-state index in [1.54, 1.807) is 12.3 Å². The van der Waals surface area contributed by atoms with Crippen LogP contribution in [-0.2, 0) is 6.42 Å². The molecule has 0 saturated carbocycles. The first-order valence-corrected chi connectivity index (χ1v) is 9.24. The van der Waals surface area contributed by atoms with E-state index in [4.69, 9.17) is 9.47 Å². The highest BCUT2D eigenvalue weighted by Gasteiger charge is 2.13. The van der Waals surface area contributed by atoms with Crippen LogP contribution in [0.3, 0.4) is 0 Å². The van der Waals surface area contributed by atoms with Crippen LogP contribution in [0.4, 0.5) is 17.1 Å². The first-order valence-electron chi connectivity index (χ1n) is 9.24. The highest BCUT2D eigenvalue weighted by atomic mass is 16.6. The van der Waals surface area contributed by atoms with Gasteiger partial charge in [0, 0.05) is 29.3 Å². The second kappa shape index (κ2) is 8.00. The summed E-state index contributed by atoms with van der Waals surface area (Å²) in [7, 11) is 0. The Labute approximate surface area is 163 Å². The second-order valence-electron chi connectivity index (χ2n) is 6.42. The van der Waals surface area contributed by atoms with Crippen molar-refractivity contribution >= 4 is 23.0 Å². The molecule has 1 aliphatic heterocycles. The molecule has 6 heteroatoms. The standard InChI is InChI=1S/C22H21N3O3/c1-2-15-3-5-16(6-4-15)25-22(26)19-13-18(9-10-23-19)24-17-7-8-20-21(14-17)28-12-11-27-20/h3-10,13-14H,2,11-12H2,1H3,(H,23,24)(H,25,26). The number of hydrogen-bond donors (Lipinski definition) is 2. The monoisotopic (exact) mass is 375 g/mol. The zero-order valence-corrected chi connectivity index (χ0v) is 15.6. The van der Waals surface area contributed by atoms with Gasteiger partial charge in [-0.05, 0) is 48.4 Å². The van der Waals surface area contributed by atoms with Gasteiger partial charge in [0.25, 0.3) is 5.91 Å². The van der Waals surface area contributed by atoms with Crippen molar-refractivity contribution in [1.82, 2.24) is 4.98 Å². The maximum atomic E-state index is 12.5. The minimum Gasteiger partial charge on any atom is -0.486 e. The molecule has 0 saturated heterocycles. The van der Waals surface area contributed by atoms with Crippen molar-refractivity contribution in [2.75, 3.05) is 23.8 Å². The minimum absolute atomic E-state index is 0.255. The quantitative estimate of drug-likeness (QED) is 0.691. The first kappa shape index (κ1) is 17.9. The van der Waals surface area contributed by atoms with Gasteiger partial charge in [-0.3, -0.25) is 9.78 Å². The maximum Gasteiger partial charge on any atom is 0.274 e. The van der Waals surface area contributed by atoms with Crippen LogP contribution in [0.1, 0.15) is 23.0 Å². The number of aryl methyl sites for hydroxylation is 1. The van der Waals surface area contributed by atoms with Gasteiger partial charge in [0.05, 0.1) is 0 Å². The van der Waals surface area contributed by atoms with Crippen molar-refractivity contribution in [1.29, 1.82) is 0 Å². The molecular weight excluding hydrogens is 354 g/mol. The number of hydrogen-bond acceptors (Lipinski definition) is 5. The summed E-state index contributed by atoms with van der Waals surface area (Å²) in [5, 5.41) is 6.15. The normalized spacial score (nSPS) is 12.3. The molecule has 0 bridgehead atoms. The Hall–Kier alpha value is -3.54. The van der Waals surface area contributed by atoms with Crippen LogP contribution in [-0.4, -0.2) is 24.1 Å². The predicted molar refractivity (Wildman–Crippen MR) is 109 cm³/mol. The van der Waals surface area contributed by atoms with Gasteiger partial charge in [0.15, 0.2) is 11.5 Å². The molecule has 0 fully saturated rings. The molecule has 2 aromatic carbocycles. The largest absolute Gasteiger partial charge is 0.486 e. The third kappa shape index (κ3) is 4.06. The lowest BCUT2D eigenvalue weighted by molar-refractivity contribution is 0.102. The molecule has 142 valence electrons. The number of benzene rings is 2. The van der Waals surface area contributed by atoms with Gasteiger partial charge >= 0.3 is 0 Å². The number of amides is 1. The second-order valence-corrected chi connectivity index (χ2v) is 6.42. The SMILES string of the molecule is CCc1ccc(NC(=O)c2cc(Nc3ccc4c(c3)OCCO4)ccn2)cc1. The summed E-state index contributed by atoms with van der Waals surface area (Å²) in [6.45, 7) is 3.19. The molecule has 0 spiro atoms. The Morgan fingerprint density at radius 1 is 0.929 bits per heavy atom. The Balaban J connectivity index is 1.47. The van der Waals surface area contributed by atoms with Gasteiger partial charge < -0.3 is 20.1 Å². The Kier molecular flexibility index (Phi) is 5.10. The van der Waals surface area contributed by atoms with Crippen LogP contribution >= 0.6 is 0 Å². The van der Waals surface area contributed by atoms with Crippen molar-refractivity contribution < 1.29 is 14.3 Å². The summed E-state index contributed by atoms with van der Waals surface area (Å²) in [6.07, 6.45) is 2.57. The van der Waals surface area contributed by atoms with Gasteiger partial charge in [-0.15, -0.1) is 0 Å². The average molecular weight is 375 g/mol. The summed E-state index contributed by atoms with van der Waals surface area (Å²) in [4.78, 5) is 16.7. The van der Waals surface area contributed by atoms with E-state index in [1.807, 2.05) is 48.5 Å². The average Bonchev–Trinajstić information content (AvgIpc) is 2.74. The molecule has 1 aromatic heterocycles. The number of pyridine rings is 1. The topological polar surface area (TPSA) is 72.5 Å². The lowest BCUT2D eigenvalue weighted by atomic mass is 10.1. The molecule has 0 aliphatic carbocycles. The molecule has 3 aromatic rings. The van der Waals surface area contributed by atoms with E-state index in [1.165, 1.54) is 5.56 Å². The van der Waals surface area contributed by atoms with Gasteiger partial charge in [-0.25, -0.2) is 0 Å². The summed E-state index contributed by atoms with van der Waals surface area (Å²) in [5.41, 5.74) is 3.91. The molecule has 2 N–H and O–H groups in total. The van der Waals surface area contributed by atoms with Gasteiger partial charge in [-0.1, -0.05) is 19.1 Å². The van der Waals surface area contributed by atoms with E-state index in [0.717, 1.165) is 29.2 Å². The Bertz CT molecular complexity index is 987. The highest BCUT2D eigenvalue weighted by molar-refractivity contribution is 6.03. The number of aromatic nitrogens is 1. The molecule has 4 rings (SSSR count). The zero-order valence-electron chi connectivity index (χ0n) is 15.6. The predicted octanol–water partition coefficient (Wildman–Crippen LogP) is 4.41. The molecule has 0 atom stereocenters. The Morgan fingerprint density at radius 3 is 2.43 bits per heavy atom. The fourth-order valence-electron chi connectivity index (χ4n) is 2.94. The molecular formula is C22H21N3O3. The van der Waals surface area contributed by atoms with Crippen LogP contribution < -0.4 is 20.1 Å². The molecule has 0 radical (unpaired) electrons. The summed E-state index contributed by atoms with van der Waals surface area (Å²) >= 11 is 0. The van der Waals surface area contributed by atoms with Gasteiger partial charge in [-0.2, -0.15) is 0 Å². The number of rotatable bonds is 5. The smallest absolute Gasteiger partial charge is 0.274 e. The minimum atomic E-state index is -0.255. The van der Waals surface area contributed by atoms with Crippen LogP contribution in [0.2, 0.25) is 0 Å². The summed E-state index contributed by atoms with van der Waals surface area (Å²) in [6, 6.07) is 17.0. The fraction of sp³-hybridized carbons (Fsp3) is 0.182. The summed E-state index contributed by atoms with van der Waals surface area (Å²) < 4.78 is 11.1. The summed E-state index contributed by atoms with van der Waals surface area (Å²) in [5.74, 6) is 1.19. The van der Waals surface area contributed by atoms with E-state index in [2.05, 4.69) is 22.5 Å². The highest BCUT2D eigenvalue weighted by Crippen LogP contribution is 2.33. The lowest BCUT2D eigenvalue weighted by Gasteiger charge is -2.19. The molecule has 6 nitrogen and oxygen atoms in total. The van der Waals surface area contributed by atoms with Crippen molar-refractivity contribution in [3.05, 3.63) is 72.1 Å². The molecule has 2 heterocycles. The van der Waals surface area contributed by atoms with E-state index in [9.17, 15) is 4.79 Å². The van der Waals surface area contributed by atoms with Crippen LogP contribution in [0.5, 0.6) is 11.5 Å². The van der Waals surface area contributed by atoms with Crippen molar-refractivity contribution in [2.24, 2.45) is 0 Å². The van der Waals surface area contributed by atoms with Crippen LogP contribution in [0, 0.1) is 0 Å². The number of ether oxygens (including phenoxy) is 2. The molecule has 1 aliphatic rings. The number of nitrogens with one attached hydrogen (secondary N) is 2. The number of carbonyl (C=O) groups excluding carboxylic acids is 1. The number of carbonyl (C=O) groups is 1. The number of anilines is 3. The molecule has 0 unspecified atom stereocenters. The van der Waals surface area contributed by atoms with Crippen LogP contribution in [0.15, 0.2) is 60.8 Å². The van der Waals surface area contributed by atoms with E-state index >= 15 is 0 Å². The zero-order chi connectivity index (χ0) is 19.3. The van der Waals surface area contributed by atoms with Gasteiger partial charge in [0.1, 0.15) is 18.9 Å². The molecule has 28 heavy (non-hydrogen) atoms. The maximum absolute atomic E-state index is 12.5. The van der Waals surface area contributed by atoms with Crippen molar-refractivity contribution in [3.8, 4) is 11.5 Å². The van der Waals surface area contributed by atoms with E-state index in [-0.39, 0.29) is 5.91 Å². The fourth-order valence-corrected chi connectivity index (χ4v) is 2.94. The number of fused-ring (bicyclic) bond motifs is 1. The molecule has 1 amide bonds. The number of nitrogens with zero attached hydrogens (tertiary/aromatic N) is 1. The van der Waals surface area contributed by atoms with Crippen LogP contribution in [0.25, 0.3) is 0 Å². The van der Waals surface area contributed by atoms with E-state index in [0.29, 0.717) is 24.7 Å². The lowest BCUT2D eigenvalue weighted by Crippen LogP contribution is -2.15. The Morgan fingerprint density at radius 2 is 1.64 bits per heavy atom. The van der Waals surface area contributed by atoms with Gasteiger partial charge in [0.2, 0.25) is 0 Å². The first-order chi connectivity index (χ1) is 13.7.